The van der Waals surface area contributed by atoms with Crippen LogP contribution in [0.25, 0.3) is 11.1 Å². The van der Waals surface area contributed by atoms with Crippen LogP contribution < -0.4 is 0 Å². The van der Waals surface area contributed by atoms with Gasteiger partial charge in [-0.1, -0.05) is 26.0 Å². The Morgan fingerprint density at radius 3 is 2.63 bits per heavy atom. The Labute approximate surface area is 160 Å². The van der Waals surface area contributed by atoms with Crippen LogP contribution in [0, 0.1) is 18.7 Å². The van der Waals surface area contributed by atoms with E-state index in [-0.39, 0.29) is 23.6 Å². The number of nitrogens with zero attached hydrogens (tertiary/aromatic N) is 3. The highest BCUT2D eigenvalue weighted by Gasteiger charge is 2.30. The lowest BCUT2D eigenvalue weighted by molar-refractivity contribution is -0.137. The molecule has 3 rings (SSSR count). The Hall–Kier alpha value is -2.30. The monoisotopic (exact) mass is 369 g/mol. The number of piperidine rings is 1. The van der Waals surface area contributed by atoms with E-state index < -0.39 is 0 Å². The average molecular weight is 369 g/mol. The zero-order valence-corrected chi connectivity index (χ0v) is 16.4. The quantitative estimate of drug-likeness (QED) is 0.765. The lowest BCUT2D eigenvalue weighted by Gasteiger charge is -2.35. The highest BCUT2D eigenvalue weighted by Crippen LogP contribution is 2.33. The largest absolute Gasteiger partial charge is 0.342 e. The van der Waals surface area contributed by atoms with Gasteiger partial charge in [0.05, 0.1) is 5.69 Å². The fourth-order valence-electron chi connectivity index (χ4n) is 3.95. The number of halogens is 1. The molecular formula is C22H28FN3O. The summed E-state index contributed by atoms with van der Waals surface area (Å²) < 4.78 is 13.3. The molecule has 1 aliphatic rings. The van der Waals surface area contributed by atoms with Crippen LogP contribution in [-0.4, -0.2) is 33.9 Å². The van der Waals surface area contributed by atoms with E-state index >= 15 is 0 Å². The van der Waals surface area contributed by atoms with Crippen molar-refractivity contribution in [1.29, 1.82) is 0 Å². The summed E-state index contributed by atoms with van der Waals surface area (Å²) in [6.45, 7) is 7.55. The number of aromatic nitrogens is 2. The van der Waals surface area contributed by atoms with Crippen molar-refractivity contribution in [1.82, 2.24) is 14.9 Å². The summed E-state index contributed by atoms with van der Waals surface area (Å²) in [7, 11) is 0. The van der Waals surface area contributed by atoms with Crippen LogP contribution in [0.15, 0.2) is 30.5 Å². The van der Waals surface area contributed by atoms with Gasteiger partial charge in [-0.15, -0.1) is 0 Å². The smallest absolute Gasteiger partial charge is 0.225 e. The van der Waals surface area contributed by atoms with Crippen LogP contribution in [0.1, 0.15) is 57.0 Å². The first-order chi connectivity index (χ1) is 13.0. The van der Waals surface area contributed by atoms with E-state index in [1.54, 1.807) is 12.1 Å². The standard InChI is InChI=1S/C22H28FN3O/c1-4-16(5-2)22(27)26-12-6-7-18(14-26)21-20(13-24-15(3)25-21)17-8-10-19(23)11-9-17/h8-11,13,16,18H,4-7,12,14H2,1-3H3. The lowest BCUT2D eigenvalue weighted by Crippen LogP contribution is -2.42. The molecule has 5 heteroatoms. The highest BCUT2D eigenvalue weighted by atomic mass is 19.1. The third-order valence-corrected chi connectivity index (χ3v) is 5.55. The van der Waals surface area contributed by atoms with Gasteiger partial charge in [0.15, 0.2) is 0 Å². The topological polar surface area (TPSA) is 46.1 Å². The van der Waals surface area contributed by atoms with Crippen LogP contribution in [0.3, 0.4) is 0 Å². The number of hydrogen-bond donors (Lipinski definition) is 0. The summed E-state index contributed by atoms with van der Waals surface area (Å²) in [5.41, 5.74) is 2.81. The third-order valence-electron chi connectivity index (χ3n) is 5.55. The van der Waals surface area contributed by atoms with Crippen molar-refractivity contribution < 1.29 is 9.18 Å². The second-order valence-corrected chi connectivity index (χ2v) is 7.36. The van der Waals surface area contributed by atoms with Crippen molar-refractivity contribution in [3.05, 3.63) is 47.8 Å². The fourth-order valence-corrected chi connectivity index (χ4v) is 3.95. The maximum Gasteiger partial charge on any atom is 0.225 e. The molecule has 144 valence electrons. The van der Waals surface area contributed by atoms with Gasteiger partial charge >= 0.3 is 0 Å². The Morgan fingerprint density at radius 2 is 1.96 bits per heavy atom. The van der Waals surface area contributed by atoms with Gasteiger partial charge in [-0.05, 0) is 50.3 Å². The predicted molar refractivity (Wildman–Crippen MR) is 105 cm³/mol. The van der Waals surface area contributed by atoms with Crippen LogP contribution in [0.5, 0.6) is 0 Å². The van der Waals surface area contributed by atoms with Gasteiger partial charge in [-0.2, -0.15) is 0 Å². The summed E-state index contributed by atoms with van der Waals surface area (Å²) in [6, 6.07) is 6.46. The SMILES string of the molecule is CCC(CC)C(=O)N1CCCC(c2nc(C)ncc2-c2ccc(F)cc2)C1. The van der Waals surface area contributed by atoms with Gasteiger partial charge in [-0.25, -0.2) is 14.4 Å². The third kappa shape index (κ3) is 4.34. The fraction of sp³-hybridized carbons (Fsp3) is 0.500. The van der Waals surface area contributed by atoms with Crippen molar-refractivity contribution in [3.8, 4) is 11.1 Å². The van der Waals surface area contributed by atoms with Crippen LogP contribution in [-0.2, 0) is 4.79 Å². The molecule has 0 radical (unpaired) electrons. The molecule has 0 N–H and O–H groups in total. The molecule has 0 spiro atoms. The number of amides is 1. The zero-order chi connectivity index (χ0) is 19.4. The second kappa shape index (κ2) is 8.59. The van der Waals surface area contributed by atoms with Gasteiger partial charge in [0.1, 0.15) is 11.6 Å². The van der Waals surface area contributed by atoms with Crippen LogP contribution in [0.4, 0.5) is 4.39 Å². The molecule has 0 bridgehead atoms. The minimum Gasteiger partial charge on any atom is -0.342 e. The van der Waals surface area contributed by atoms with Crippen molar-refractivity contribution in [3.63, 3.8) is 0 Å². The summed E-state index contributed by atoms with van der Waals surface area (Å²) in [5.74, 6) is 1.01. The van der Waals surface area contributed by atoms with Gasteiger partial charge in [0.2, 0.25) is 5.91 Å². The number of carbonyl (C=O) groups excluding carboxylic acids is 1. The van der Waals surface area contributed by atoms with Crippen molar-refractivity contribution >= 4 is 5.91 Å². The molecule has 0 saturated carbocycles. The van der Waals surface area contributed by atoms with E-state index in [1.165, 1.54) is 12.1 Å². The first-order valence-electron chi connectivity index (χ1n) is 9.91. The van der Waals surface area contributed by atoms with E-state index in [4.69, 9.17) is 4.98 Å². The molecule has 1 unspecified atom stereocenters. The molecule has 1 aliphatic heterocycles. The summed E-state index contributed by atoms with van der Waals surface area (Å²) in [5, 5.41) is 0. The first-order valence-corrected chi connectivity index (χ1v) is 9.91. The van der Waals surface area contributed by atoms with E-state index in [0.29, 0.717) is 6.54 Å². The number of aryl methyl sites for hydroxylation is 1. The molecule has 4 nitrogen and oxygen atoms in total. The summed E-state index contributed by atoms with van der Waals surface area (Å²) in [6.07, 6.45) is 5.56. The molecule has 1 aromatic heterocycles. The molecule has 1 fully saturated rings. The van der Waals surface area contributed by atoms with Crippen molar-refractivity contribution in [2.24, 2.45) is 5.92 Å². The van der Waals surface area contributed by atoms with Gasteiger partial charge in [-0.3, -0.25) is 4.79 Å². The Kier molecular flexibility index (Phi) is 6.19. The molecule has 27 heavy (non-hydrogen) atoms. The minimum absolute atomic E-state index is 0.104. The second-order valence-electron chi connectivity index (χ2n) is 7.36. The van der Waals surface area contributed by atoms with Crippen LogP contribution in [0.2, 0.25) is 0 Å². The first kappa shape index (κ1) is 19.5. The van der Waals surface area contributed by atoms with Gasteiger partial charge in [0.25, 0.3) is 0 Å². The maximum absolute atomic E-state index is 13.3. The number of hydrogen-bond acceptors (Lipinski definition) is 3. The number of rotatable bonds is 5. The van der Waals surface area contributed by atoms with E-state index in [0.717, 1.165) is 54.9 Å². The van der Waals surface area contributed by atoms with Gasteiger partial charge in [0, 0.05) is 36.7 Å². The number of benzene rings is 1. The minimum atomic E-state index is -0.257. The average Bonchev–Trinajstić information content (AvgIpc) is 2.69. The van der Waals surface area contributed by atoms with E-state index in [1.807, 2.05) is 18.0 Å². The molecule has 2 aromatic rings. The summed E-state index contributed by atoms with van der Waals surface area (Å²) >= 11 is 0. The number of likely N-dealkylation sites (tertiary alicyclic amines) is 1. The summed E-state index contributed by atoms with van der Waals surface area (Å²) in [4.78, 5) is 23.9. The predicted octanol–water partition coefficient (Wildman–Crippen LogP) is 4.73. The van der Waals surface area contributed by atoms with Crippen LogP contribution >= 0.6 is 0 Å². The lowest BCUT2D eigenvalue weighted by atomic mass is 9.89. The van der Waals surface area contributed by atoms with E-state index in [9.17, 15) is 9.18 Å². The Bertz CT molecular complexity index is 787. The maximum atomic E-state index is 13.3. The molecule has 1 atom stereocenters. The molecule has 1 saturated heterocycles. The highest BCUT2D eigenvalue weighted by molar-refractivity contribution is 5.79. The van der Waals surface area contributed by atoms with Gasteiger partial charge < -0.3 is 4.90 Å². The molecule has 0 aliphatic carbocycles. The normalized spacial score (nSPS) is 17.4. The molecular weight excluding hydrogens is 341 g/mol. The number of carbonyl (C=O) groups is 1. The Balaban J connectivity index is 1.90. The molecule has 2 heterocycles. The van der Waals surface area contributed by atoms with Crippen molar-refractivity contribution in [2.45, 2.75) is 52.4 Å². The van der Waals surface area contributed by atoms with E-state index in [2.05, 4.69) is 18.8 Å². The molecule has 1 amide bonds. The molecule has 1 aromatic carbocycles. The van der Waals surface area contributed by atoms with Crippen molar-refractivity contribution in [2.75, 3.05) is 13.1 Å². The zero-order valence-electron chi connectivity index (χ0n) is 16.4. The Morgan fingerprint density at radius 1 is 1.26 bits per heavy atom.